The summed E-state index contributed by atoms with van der Waals surface area (Å²) in [6.07, 6.45) is -0.425. The van der Waals surface area contributed by atoms with Crippen LogP contribution in [0.5, 0.6) is 0 Å². The van der Waals surface area contributed by atoms with Gasteiger partial charge in [-0.05, 0) is 25.1 Å². The van der Waals surface area contributed by atoms with Gasteiger partial charge < -0.3 is 14.7 Å². The number of amides is 1. The second-order valence-corrected chi connectivity index (χ2v) is 5.91. The lowest BCUT2D eigenvalue weighted by Gasteiger charge is -2.36. The molecule has 1 amide bonds. The molecule has 1 heterocycles. The van der Waals surface area contributed by atoms with E-state index < -0.39 is 0 Å². The first-order valence-corrected chi connectivity index (χ1v) is 7.19. The maximum atomic E-state index is 12.4. The summed E-state index contributed by atoms with van der Waals surface area (Å²) in [7, 11) is 0. The Balaban J connectivity index is 2.18. The van der Waals surface area contributed by atoms with Crippen LogP contribution in [0.25, 0.3) is 0 Å². The molecule has 1 saturated heterocycles. The maximum absolute atomic E-state index is 12.4. The normalized spacial score (nSPS) is 23.5. The molecule has 1 fully saturated rings. The van der Waals surface area contributed by atoms with Gasteiger partial charge in [0.15, 0.2) is 0 Å². The molecule has 19 heavy (non-hydrogen) atoms. The molecule has 104 valence electrons. The summed E-state index contributed by atoms with van der Waals surface area (Å²) in [6, 6.07) is 5.18. The van der Waals surface area contributed by atoms with Gasteiger partial charge in [-0.15, -0.1) is 0 Å². The van der Waals surface area contributed by atoms with Gasteiger partial charge in [-0.2, -0.15) is 0 Å². The van der Waals surface area contributed by atoms with Crippen LogP contribution in [-0.2, 0) is 4.74 Å². The van der Waals surface area contributed by atoms with Crippen LogP contribution in [-0.4, -0.2) is 47.8 Å². The van der Waals surface area contributed by atoms with Crippen molar-refractivity contribution in [2.24, 2.45) is 0 Å². The van der Waals surface area contributed by atoms with E-state index in [2.05, 4.69) is 15.9 Å². The first kappa shape index (κ1) is 14.8. The van der Waals surface area contributed by atoms with E-state index in [1.54, 1.807) is 23.1 Å². The topological polar surface area (TPSA) is 49.8 Å². The molecule has 0 spiro atoms. The monoisotopic (exact) mass is 347 g/mol. The minimum Gasteiger partial charge on any atom is -0.394 e. The highest BCUT2D eigenvalue weighted by Crippen LogP contribution is 2.24. The second-order valence-electron chi connectivity index (χ2n) is 4.59. The molecule has 1 aliphatic rings. The molecule has 1 N–H and O–H groups in total. The van der Waals surface area contributed by atoms with E-state index in [0.717, 1.165) is 4.47 Å². The van der Waals surface area contributed by atoms with E-state index in [1.807, 2.05) is 6.92 Å². The lowest BCUT2D eigenvalue weighted by Crippen LogP contribution is -2.50. The Labute approximate surface area is 125 Å². The standard InChI is InChI=1S/C13H15BrClNO3/c1-8-5-16(6-10(7-17)19-8)13(18)11-3-2-9(14)4-12(11)15/h2-4,8,10,17H,5-7H2,1H3. The van der Waals surface area contributed by atoms with Crippen LogP contribution >= 0.6 is 27.5 Å². The van der Waals surface area contributed by atoms with Gasteiger partial charge in [0, 0.05) is 17.6 Å². The highest BCUT2D eigenvalue weighted by molar-refractivity contribution is 9.10. The van der Waals surface area contributed by atoms with E-state index in [4.69, 9.17) is 16.3 Å². The number of aliphatic hydroxyl groups excluding tert-OH is 1. The van der Waals surface area contributed by atoms with E-state index in [0.29, 0.717) is 23.7 Å². The number of hydrogen-bond acceptors (Lipinski definition) is 3. The average Bonchev–Trinajstić information content (AvgIpc) is 2.37. The smallest absolute Gasteiger partial charge is 0.255 e. The number of ether oxygens (including phenoxy) is 1. The SMILES string of the molecule is CC1CN(C(=O)c2ccc(Br)cc2Cl)CC(CO)O1. The van der Waals surface area contributed by atoms with Crippen molar-refractivity contribution in [2.75, 3.05) is 19.7 Å². The molecule has 4 nitrogen and oxygen atoms in total. The van der Waals surface area contributed by atoms with Crippen LogP contribution in [0.3, 0.4) is 0 Å². The molecule has 0 saturated carbocycles. The van der Waals surface area contributed by atoms with E-state index >= 15 is 0 Å². The molecule has 1 aromatic carbocycles. The van der Waals surface area contributed by atoms with Crippen molar-refractivity contribution in [3.05, 3.63) is 33.3 Å². The van der Waals surface area contributed by atoms with Gasteiger partial charge in [-0.3, -0.25) is 4.79 Å². The van der Waals surface area contributed by atoms with Gasteiger partial charge in [-0.25, -0.2) is 0 Å². The molecule has 1 aromatic rings. The van der Waals surface area contributed by atoms with E-state index in [1.165, 1.54) is 0 Å². The number of morpholine rings is 1. The van der Waals surface area contributed by atoms with Crippen LogP contribution in [0, 0.1) is 0 Å². The number of halogens is 2. The zero-order chi connectivity index (χ0) is 14.0. The highest BCUT2D eigenvalue weighted by Gasteiger charge is 2.29. The molecular formula is C13H15BrClNO3. The number of aliphatic hydroxyl groups is 1. The predicted octanol–water partition coefficient (Wildman–Crippen LogP) is 2.32. The minimum absolute atomic E-state index is 0.0935. The van der Waals surface area contributed by atoms with Crippen molar-refractivity contribution >= 4 is 33.4 Å². The van der Waals surface area contributed by atoms with Crippen LogP contribution < -0.4 is 0 Å². The highest BCUT2D eigenvalue weighted by atomic mass is 79.9. The van der Waals surface area contributed by atoms with Crippen molar-refractivity contribution in [2.45, 2.75) is 19.1 Å². The van der Waals surface area contributed by atoms with Crippen molar-refractivity contribution in [1.29, 1.82) is 0 Å². The number of carbonyl (C=O) groups excluding carboxylic acids is 1. The first-order chi connectivity index (χ1) is 9.01. The fourth-order valence-corrected chi connectivity index (χ4v) is 2.90. The third kappa shape index (κ3) is 3.48. The molecule has 1 aliphatic heterocycles. The first-order valence-electron chi connectivity index (χ1n) is 6.02. The number of nitrogens with zero attached hydrogens (tertiary/aromatic N) is 1. The van der Waals surface area contributed by atoms with E-state index in [9.17, 15) is 9.90 Å². The largest absolute Gasteiger partial charge is 0.394 e. The van der Waals surface area contributed by atoms with Gasteiger partial charge in [0.25, 0.3) is 5.91 Å². The Hall–Kier alpha value is -0.620. The van der Waals surface area contributed by atoms with Gasteiger partial charge in [0.1, 0.15) is 0 Å². The van der Waals surface area contributed by atoms with Crippen molar-refractivity contribution in [1.82, 2.24) is 4.90 Å². The summed E-state index contributed by atoms with van der Waals surface area (Å²) in [5.41, 5.74) is 0.468. The average molecular weight is 349 g/mol. The molecule has 0 bridgehead atoms. The van der Waals surface area contributed by atoms with E-state index in [-0.39, 0.29) is 24.7 Å². The molecule has 2 rings (SSSR count). The molecule has 0 aliphatic carbocycles. The molecule has 2 unspecified atom stereocenters. The molecule has 0 aromatic heterocycles. The third-order valence-corrected chi connectivity index (χ3v) is 3.78. The number of carbonyl (C=O) groups is 1. The van der Waals surface area contributed by atoms with Crippen LogP contribution in [0.2, 0.25) is 5.02 Å². The predicted molar refractivity (Wildman–Crippen MR) is 76.5 cm³/mol. The molecule has 0 radical (unpaired) electrons. The fraction of sp³-hybridized carbons (Fsp3) is 0.462. The summed E-state index contributed by atoms with van der Waals surface area (Å²) in [6.45, 7) is 2.67. The zero-order valence-corrected chi connectivity index (χ0v) is 12.8. The summed E-state index contributed by atoms with van der Waals surface area (Å²) in [5, 5.41) is 9.59. The van der Waals surface area contributed by atoms with Crippen LogP contribution in [0.1, 0.15) is 17.3 Å². The lowest BCUT2D eigenvalue weighted by molar-refractivity contribution is -0.0858. The van der Waals surface area contributed by atoms with Crippen molar-refractivity contribution < 1.29 is 14.6 Å². The number of benzene rings is 1. The molecule has 2 atom stereocenters. The summed E-state index contributed by atoms with van der Waals surface area (Å²) in [4.78, 5) is 14.1. The second kappa shape index (κ2) is 6.22. The Morgan fingerprint density at radius 2 is 2.32 bits per heavy atom. The van der Waals surface area contributed by atoms with Gasteiger partial charge in [0.2, 0.25) is 0 Å². The van der Waals surface area contributed by atoms with Gasteiger partial charge in [-0.1, -0.05) is 27.5 Å². The van der Waals surface area contributed by atoms with Gasteiger partial charge in [0.05, 0.1) is 29.4 Å². The number of hydrogen-bond donors (Lipinski definition) is 1. The molecule has 6 heteroatoms. The van der Waals surface area contributed by atoms with Crippen LogP contribution in [0.15, 0.2) is 22.7 Å². The fourth-order valence-electron chi connectivity index (χ4n) is 2.15. The Morgan fingerprint density at radius 1 is 1.58 bits per heavy atom. The van der Waals surface area contributed by atoms with Crippen molar-refractivity contribution in [3.8, 4) is 0 Å². The Morgan fingerprint density at radius 3 is 2.95 bits per heavy atom. The lowest BCUT2D eigenvalue weighted by atomic mass is 10.1. The molecular weight excluding hydrogens is 334 g/mol. The number of rotatable bonds is 2. The Bertz CT molecular complexity index is 483. The quantitative estimate of drug-likeness (QED) is 0.892. The maximum Gasteiger partial charge on any atom is 0.255 e. The van der Waals surface area contributed by atoms with Crippen molar-refractivity contribution in [3.63, 3.8) is 0 Å². The van der Waals surface area contributed by atoms with Gasteiger partial charge >= 0.3 is 0 Å². The Kier molecular flexibility index (Phi) is 4.84. The summed E-state index contributed by atoms with van der Waals surface area (Å²) in [5.74, 6) is -0.133. The minimum atomic E-state index is -0.332. The summed E-state index contributed by atoms with van der Waals surface area (Å²) >= 11 is 9.40. The zero-order valence-electron chi connectivity index (χ0n) is 10.5. The summed E-state index contributed by atoms with van der Waals surface area (Å²) < 4.78 is 6.35. The third-order valence-electron chi connectivity index (χ3n) is 2.98. The van der Waals surface area contributed by atoms with Crippen LogP contribution in [0.4, 0.5) is 0 Å².